The first-order chi connectivity index (χ1) is 12.6. The highest BCUT2D eigenvalue weighted by atomic mass is 16.6. The lowest BCUT2D eigenvalue weighted by Gasteiger charge is -2.52. The zero-order valence-electron chi connectivity index (χ0n) is 17.4. The van der Waals surface area contributed by atoms with Gasteiger partial charge in [-0.25, -0.2) is 0 Å². The van der Waals surface area contributed by atoms with Gasteiger partial charge in [-0.3, -0.25) is 0 Å². The van der Waals surface area contributed by atoms with Crippen LogP contribution in [0.25, 0.3) is 0 Å². The van der Waals surface area contributed by atoms with E-state index in [1.165, 1.54) is 45.1 Å². The van der Waals surface area contributed by atoms with Crippen molar-refractivity contribution >= 4 is 0 Å². The maximum absolute atomic E-state index is 6.06. The van der Waals surface area contributed by atoms with Gasteiger partial charge in [0.25, 0.3) is 0 Å². The number of ether oxygens (including phenoxy) is 4. The van der Waals surface area contributed by atoms with E-state index in [1.54, 1.807) is 4.90 Å². The molecule has 1 saturated heterocycles. The molecular weight excluding hydrogens is 330 g/mol. The predicted molar refractivity (Wildman–Crippen MR) is 102 cm³/mol. The minimum absolute atomic E-state index is 0.0453. The van der Waals surface area contributed by atoms with Crippen molar-refractivity contribution in [1.82, 2.24) is 0 Å². The molecular formula is C21H40NO4+. The number of quaternary nitrogens is 1. The van der Waals surface area contributed by atoms with Crippen molar-refractivity contribution in [3.63, 3.8) is 0 Å². The summed E-state index contributed by atoms with van der Waals surface area (Å²) < 4.78 is 23.3. The fraction of sp³-hybridized carbons (Fsp3) is 1.00. The number of likely N-dealkylation sites (tertiary alicyclic amines) is 1. The van der Waals surface area contributed by atoms with Crippen LogP contribution in [0.4, 0.5) is 0 Å². The molecule has 2 aliphatic carbocycles. The van der Waals surface area contributed by atoms with Gasteiger partial charge in [0.2, 0.25) is 0 Å². The number of rotatable bonds is 6. The molecule has 2 saturated carbocycles. The second-order valence-corrected chi connectivity index (χ2v) is 8.85. The average molecular weight is 371 g/mol. The molecule has 0 aromatic rings. The third kappa shape index (κ3) is 4.12. The van der Waals surface area contributed by atoms with E-state index >= 15 is 0 Å². The SMILES string of the molecule is COC1CCC(CC2C3C(CC[NH+]2C)CC(OC)C(OC)C3OC)CC1. The fourth-order valence-corrected chi connectivity index (χ4v) is 6.21. The molecule has 7 unspecified atom stereocenters. The number of fused-ring (bicyclic) bond motifs is 1. The first-order valence-corrected chi connectivity index (χ1v) is 10.6. The summed E-state index contributed by atoms with van der Waals surface area (Å²) in [6, 6.07) is 0.665. The highest BCUT2D eigenvalue weighted by Gasteiger charge is 2.53. The standard InChI is InChI=1S/C21H39NO4/c1-22-11-10-15-13-18(24-3)20(25-4)21(26-5)19(15)17(22)12-14-6-8-16(23-2)9-7-14/h14-21H,6-13H2,1-5H3/p+1. The van der Waals surface area contributed by atoms with Gasteiger partial charge in [-0.05, 0) is 43.9 Å². The average Bonchev–Trinajstić information content (AvgIpc) is 2.68. The van der Waals surface area contributed by atoms with Crippen molar-refractivity contribution in [2.45, 2.75) is 75.4 Å². The summed E-state index contributed by atoms with van der Waals surface area (Å²) in [5.74, 6) is 2.10. The van der Waals surface area contributed by atoms with Crippen molar-refractivity contribution in [2.75, 3.05) is 42.0 Å². The Bertz CT molecular complexity index is 426. The normalized spacial score (nSPS) is 46.7. The molecule has 152 valence electrons. The summed E-state index contributed by atoms with van der Waals surface area (Å²) in [5.41, 5.74) is 0. The summed E-state index contributed by atoms with van der Waals surface area (Å²) in [7, 11) is 9.73. The van der Waals surface area contributed by atoms with Gasteiger partial charge < -0.3 is 23.8 Å². The minimum atomic E-state index is 0.0453. The zero-order valence-corrected chi connectivity index (χ0v) is 17.4. The second kappa shape index (κ2) is 9.33. The molecule has 0 aromatic carbocycles. The Balaban J connectivity index is 1.73. The molecule has 0 bridgehead atoms. The largest absolute Gasteiger partial charge is 0.381 e. The van der Waals surface area contributed by atoms with E-state index in [2.05, 4.69) is 7.05 Å². The molecule has 7 atom stereocenters. The minimum Gasteiger partial charge on any atom is -0.381 e. The maximum atomic E-state index is 6.06. The van der Waals surface area contributed by atoms with E-state index in [0.717, 1.165) is 12.3 Å². The van der Waals surface area contributed by atoms with Crippen LogP contribution in [-0.4, -0.2) is 72.5 Å². The van der Waals surface area contributed by atoms with Gasteiger partial charge >= 0.3 is 0 Å². The number of nitrogens with one attached hydrogen (secondary N) is 1. The van der Waals surface area contributed by atoms with Crippen molar-refractivity contribution in [2.24, 2.45) is 17.8 Å². The van der Waals surface area contributed by atoms with E-state index in [9.17, 15) is 0 Å². The molecule has 1 N–H and O–H groups in total. The van der Waals surface area contributed by atoms with Crippen LogP contribution in [-0.2, 0) is 18.9 Å². The van der Waals surface area contributed by atoms with Gasteiger partial charge in [0, 0.05) is 47.2 Å². The highest BCUT2D eigenvalue weighted by molar-refractivity contribution is 4.99. The van der Waals surface area contributed by atoms with Crippen LogP contribution in [0.1, 0.15) is 44.9 Å². The Morgan fingerprint density at radius 2 is 1.50 bits per heavy atom. The van der Waals surface area contributed by atoms with Crippen LogP contribution >= 0.6 is 0 Å². The lowest BCUT2D eigenvalue weighted by molar-refractivity contribution is -0.919. The Kier molecular flexibility index (Phi) is 7.37. The lowest BCUT2D eigenvalue weighted by Crippen LogP contribution is -3.15. The first kappa shape index (κ1) is 20.5. The molecule has 5 nitrogen and oxygen atoms in total. The molecule has 3 fully saturated rings. The van der Waals surface area contributed by atoms with Gasteiger partial charge in [-0.15, -0.1) is 0 Å². The molecule has 0 radical (unpaired) electrons. The highest BCUT2D eigenvalue weighted by Crippen LogP contribution is 2.42. The van der Waals surface area contributed by atoms with E-state index in [-0.39, 0.29) is 18.3 Å². The molecule has 26 heavy (non-hydrogen) atoms. The maximum Gasteiger partial charge on any atom is 0.110 e. The summed E-state index contributed by atoms with van der Waals surface area (Å²) in [5, 5.41) is 0. The van der Waals surface area contributed by atoms with Crippen LogP contribution in [0.15, 0.2) is 0 Å². The van der Waals surface area contributed by atoms with Crippen LogP contribution in [0.2, 0.25) is 0 Å². The number of hydrogen-bond acceptors (Lipinski definition) is 4. The number of hydrogen-bond donors (Lipinski definition) is 1. The second-order valence-electron chi connectivity index (χ2n) is 8.85. The van der Waals surface area contributed by atoms with Gasteiger partial charge in [0.1, 0.15) is 6.10 Å². The summed E-state index contributed by atoms with van der Waals surface area (Å²) in [6.45, 7) is 1.27. The first-order valence-electron chi connectivity index (χ1n) is 10.6. The molecule has 5 heteroatoms. The van der Waals surface area contributed by atoms with Crippen LogP contribution in [0.5, 0.6) is 0 Å². The molecule has 0 aromatic heterocycles. The van der Waals surface area contributed by atoms with Crippen LogP contribution < -0.4 is 4.90 Å². The molecule has 1 aliphatic heterocycles. The topological polar surface area (TPSA) is 41.4 Å². The van der Waals surface area contributed by atoms with Crippen molar-refractivity contribution in [3.05, 3.63) is 0 Å². The molecule has 0 amide bonds. The third-order valence-electron chi connectivity index (χ3n) is 7.72. The van der Waals surface area contributed by atoms with Crippen molar-refractivity contribution < 1.29 is 23.8 Å². The van der Waals surface area contributed by atoms with Gasteiger partial charge in [-0.2, -0.15) is 0 Å². The Hall–Kier alpha value is -0.200. The molecule has 3 rings (SSSR count). The van der Waals surface area contributed by atoms with Crippen molar-refractivity contribution in [3.8, 4) is 0 Å². The van der Waals surface area contributed by atoms with Gasteiger partial charge in [0.15, 0.2) is 0 Å². The Morgan fingerprint density at radius 1 is 0.808 bits per heavy atom. The van der Waals surface area contributed by atoms with Crippen LogP contribution in [0.3, 0.4) is 0 Å². The van der Waals surface area contributed by atoms with Crippen molar-refractivity contribution in [1.29, 1.82) is 0 Å². The summed E-state index contributed by atoms with van der Waals surface area (Å²) >= 11 is 0. The number of piperidine rings is 1. The number of methoxy groups -OCH3 is 4. The summed E-state index contributed by atoms with van der Waals surface area (Å²) in [4.78, 5) is 1.69. The molecule has 1 heterocycles. The van der Waals surface area contributed by atoms with Gasteiger partial charge in [-0.1, -0.05) is 0 Å². The monoisotopic (exact) mass is 370 g/mol. The summed E-state index contributed by atoms with van der Waals surface area (Å²) in [6.07, 6.45) is 9.60. The van der Waals surface area contributed by atoms with E-state index in [0.29, 0.717) is 24.0 Å². The Morgan fingerprint density at radius 3 is 2.08 bits per heavy atom. The van der Waals surface area contributed by atoms with Crippen LogP contribution in [0, 0.1) is 17.8 Å². The van der Waals surface area contributed by atoms with E-state index in [1.807, 2.05) is 28.4 Å². The Labute approximate surface area is 159 Å². The smallest absolute Gasteiger partial charge is 0.110 e. The molecule has 0 spiro atoms. The van der Waals surface area contributed by atoms with Gasteiger partial charge in [0.05, 0.1) is 37.9 Å². The lowest BCUT2D eigenvalue weighted by atomic mass is 9.65. The van der Waals surface area contributed by atoms with E-state index < -0.39 is 0 Å². The van der Waals surface area contributed by atoms with E-state index in [4.69, 9.17) is 18.9 Å². The quantitative estimate of drug-likeness (QED) is 0.770. The fourth-order valence-electron chi connectivity index (χ4n) is 6.21. The third-order valence-corrected chi connectivity index (χ3v) is 7.72. The zero-order chi connectivity index (χ0) is 18.7. The molecule has 3 aliphatic rings. The predicted octanol–water partition coefficient (Wildman–Crippen LogP) is 1.55.